The van der Waals surface area contributed by atoms with Gasteiger partial charge >= 0.3 is 0 Å². The number of nitrogens with one attached hydrogen (secondary N) is 1. The second kappa shape index (κ2) is 6.06. The fraction of sp³-hybridized carbons (Fsp3) is 0.188. The van der Waals surface area contributed by atoms with Crippen LogP contribution in [0.25, 0.3) is 0 Å². The van der Waals surface area contributed by atoms with E-state index in [9.17, 15) is 4.39 Å². The first-order valence-corrected chi connectivity index (χ1v) is 6.99. The Kier molecular flexibility index (Phi) is 4.41. The fourth-order valence-corrected chi connectivity index (χ4v) is 2.52. The molecule has 102 valence electrons. The average Bonchev–Trinajstić information content (AvgIpc) is 2.42. The molecule has 2 aromatic carbocycles. The molecule has 0 aliphatic rings. The second-order valence-electron chi connectivity index (χ2n) is 4.70. The zero-order chi connectivity index (χ0) is 14.7. The summed E-state index contributed by atoms with van der Waals surface area (Å²) in [4.78, 5) is 0. The first kappa shape index (κ1) is 14.5. The number of nitrogens with zero attached hydrogens (tertiary/aromatic N) is 1. The predicted octanol–water partition coefficient (Wildman–Crippen LogP) is 4.69. The van der Waals surface area contributed by atoms with Crippen LogP contribution < -0.4 is 5.32 Å². The van der Waals surface area contributed by atoms with E-state index in [1.165, 1.54) is 0 Å². The van der Waals surface area contributed by atoms with Gasteiger partial charge in [0.15, 0.2) is 0 Å². The highest BCUT2D eigenvalue weighted by molar-refractivity contribution is 9.10. The van der Waals surface area contributed by atoms with Gasteiger partial charge in [0.2, 0.25) is 0 Å². The van der Waals surface area contributed by atoms with E-state index in [0.717, 1.165) is 15.7 Å². The first-order valence-electron chi connectivity index (χ1n) is 6.20. The molecule has 0 saturated carbocycles. The van der Waals surface area contributed by atoms with Crippen molar-refractivity contribution < 1.29 is 4.39 Å². The average molecular weight is 333 g/mol. The number of hydrogen-bond donors (Lipinski definition) is 1. The van der Waals surface area contributed by atoms with Crippen molar-refractivity contribution in [2.24, 2.45) is 0 Å². The van der Waals surface area contributed by atoms with Crippen molar-refractivity contribution in [3.63, 3.8) is 0 Å². The van der Waals surface area contributed by atoms with E-state index in [1.807, 2.05) is 24.3 Å². The summed E-state index contributed by atoms with van der Waals surface area (Å²) in [6.45, 7) is 4.15. The Morgan fingerprint density at radius 1 is 1.20 bits per heavy atom. The van der Waals surface area contributed by atoms with Gasteiger partial charge in [-0.05, 0) is 64.7 Å². The summed E-state index contributed by atoms with van der Waals surface area (Å²) >= 11 is 3.35. The number of anilines is 1. The van der Waals surface area contributed by atoms with Crippen molar-refractivity contribution in [2.75, 3.05) is 5.32 Å². The summed E-state index contributed by atoms with van der Waals surface area (Å²) in [5, 5.41) is 12.1. The molecule has 0 unspecified atom stereocenters. The first-order chi connectivity index (χ1) is 9.51. The maximum atomic E-state index is 13.6. The number of rotatable bonds is 3. The molecule has 0 aliphatic carbocycles. The highest BCUT2D eigenvalue weighted by Gasteiger charge is 2.05. The molecule has 20 heavy (non-hydrogen) atoms. The highest BCUT2D eigenvalue weighted by atomic mass is 79.9. The van der Waals surface area contributed by atoms with Crippen LogP contribution in [-0.4, -0.2) is 0 Å². The standard InChI is InChI=1S/C16H14BrFN2/c1-10-5-12(6-11(2)16(10)18)9-20-14-4-3-13(8-19)15(17)7-14/h3-7,20H,9H2,1-2H3. The molecular weight excluding hydrogens is 319 g/mol. The molecular formula is C16H14BrFN2. The monoisotopic (exact) mass is 332 g/mol. The third kappa shape index (κ3) is 3.17. The minimum atomic E-state index is -0.144. The molecule has 2 nitrogen and oxygen atoms in total. The SMILES string of the molecule is Cc1cc(CNc2ccc(C#N)c(Br)c2)cc(C)c1F. The quantitative estimate of drug-likeness (QED) is 0.885. The molecule has 0 amide bonds. The summed E-state index contributed by atoms with van der Waals surface area (Å²) in [5.74, 6) is -0.144. The van der Waals surface area contributed by atoms with Gasteiger partial charge < -0.3 is 5.32 Å². The zero-order valence-corrected chi connectivity index (χ0v) is 12.9. The van der Waals surface area contributed by atoms with Gasteiger partial charge in [-0.2, -0.15) is 5.26 Å². The van der Waals surface area contributed by atoms with E-state index < -0.39 is 0 Å². The van der Waals surface area contributed by atoms with Crippen LogP contribution in [0.4, 0.5) is 10.1 Å². The van der Waals surface area contributed by atoms with Gasteiger partial charge in [0.1, 0.15) is 11.9 Å². The van der Waals surface area contributed by atoms with E-state index >= 15 is 0 Å². The Balaban J connectivity index is 2.13. The number of hydrogen-bond acceptors (Lipinski definition) is 2. The molecule has 0 spiro atoms. The Morgan fingerprint density at radius 3 is 2.40 bits per heavy atom. The van der Waals surface area contributed by atoms with Gasteiger partial charge in [0.25, 0.3) is 0 Å². The summed E-state index contributed by atoms with van der Waals surface area (Å²) in [6.07, 6.45) is 0. The van der Waals surface area contributed by atoms with E-state index in [2.05, 4.69) is 27.3 Å². The van der Waals surface area contributed by atoms with Gasteiger partial charge in [-0.3, -0.25) is 0 Å². The fourth-order valence-electron chi connectivity index (χ4n) is 2.06. The molecule has 0 aliphatic heterocycles. The number of halogens is 2. The summed E-state index contributed by atoms with van der Waals surface area (Å²) in [7, 11) is 0. The Labute approximate surface area is 126 Å². The smallest absolute Gasteiger partial charge is 0.129 e. The van der Waals surface area contributed by atoms with Crippen molar-refractivity contribution >= 4 is 21.6 Å². The Morgan fingerprint density at radius 2 is 1.85 bits per heavy atom. The molecule has 2 rings (SSSR count). The van der Waals surface area contributed by atoms with Gasteiger partial charge in [-0.15, -0.1) is 0 Å². The van der Waals surface area contributed by atoms with Crippen LogP contribution in [0.15, 0.2) is 34.8 Å². The van der Waals surface area contributed by atoms with E-state index in [0.29, 0.717) is 23.2 Å². The lowest BCUT2D eigenvalue weighted by Gasteiger charge is -2.10. The van der Waals surface area contributed by atoms with Crippen molar-refractivity contribution in [1.82, 2.24) is 0 Å². The van der Waals surface area contributed by atoms with E-state index in [1.54, 1.807) is 19.9 Å². The number of benzene rings is 2. The van der Waals surface area contributed by atoms with Crippen LogP contribution >= 0.6 is 15.9 Å². The number of aryl methyl sites for hydroxylation is 2. The summed E-state index contributed by atoms with van der Waals surface area (Å²) in [5.41, 5.74) is 3.85. The second-order valence-corrected chi connectivity index (χ2v) is 5.56. The predicted molar refractivity (Wildman–Crippen MR) is 82.1 cm³/mol. The lowest BCUT2D eigenvalue weighted by atomic mass is 10.1. The lowest BCUT2D eigenvalue weighted by molar-refractivity contribution is 0.608. The lowest BCUT2D eigenvalue weighted by Crippen LogP contribution is -2.01. The van der Waals surface area contributed by atoms with Crippen LogP contribution in [0.5, 0.6) is 0 Å². The topological polar surface area (TPSA) is 35.8 Å². The maximum Gasteiger partial charge on any atom is 0.129 e. The van der Waals surface area contributed by atoms with Gasteiger partial charge in [-0.1, -0.05) is 12.1 Å². The highest BCUT2D eigenvalue weighted by Crippen LogP contribution is 2.22. The minimum absolute atomic E-state index is 0.144. The van der Waals surface area contributed by atoms with Crippen LogP contribution in [-0.2, 0) is 6.54 Å². The van der Waals surface area contributed by atoms with Crippen LogP contribution in [0.1, 0.15) is 22.3 Å². The molecule has 0 fully saturated rings. The molecule has 0 aromatic heterocycles. The van der Waals surface area contributed by atoms with Crippen molar-refractivity contribution in [2.45, 2.75) is 20.4 Å². The van der Waals surface area contributed by atoms with E-state index in [-0.39, 0.29) is 5.82 Å². The van der Waals surface area contributed by atoms with Crippen LogP contribution in [0, 0.1) is 31.0 Å². The van der Waals surface area contributed by atoms with Gasteiger partial charge in [0.05, 0.1) is 5.56 Å². The van der Waals surface area contributed by atoms with Crippen molar-refractivity contribution in [1.29, 1.82) is 5.26 Å². The van der Waals surface area contributed by atoms with Gasteiger partial charge in [0, 0.05) is 16.7 Å². The molecule has 2 aromatic rings. The molecule has 0 saturated heterocycles. The number of nitriles is 1. The third-order valence-corrected chi connectivity index (χ3v) is 3.74. The van der Waals surface area contributed by atoms with Gasteiger partial charge in [-0.25, -0.2) is 4.39 Å². The van der Waals surface area contributed by atoms with Crippen LogP contribution in [0.2, 0.25) is 0 Å². The normalized spacial score (nSPS) is 10.2. The molecule has 0 bridgehead atoms. The largest absolute Gasteiger partial charge is 0.381 e. The molecule has 4 heteroatoms. The minimum Gasteiger partial charge on any atom is -0.381 e. The molecule has 1 N–H and O–H groups in total. The Bertz CT molecular complexity index is 666. The third-order valence-electron chi connectivity index (χ3n) is 3.08. The zero-order valence-electron chi connectivity index (χ0n) is 11.3. The van der Waals surface area contributed by atoms with Crippen LogP contribution in [0.3, 0.4) is 0 Å². The molecule has 0 heterocycles. The van der Waals surface area contributed by atoms with E-state index in [4.69, 9.17) is 5.26 Å². The summed E-state index contributed by atoms with van der Waals surface area (Å²) in [6, 6.07) is 11.3. The Hall–Kier alpha value is -1.86. The molecule has 0 radical (unpaired) electrons. The molecule has 0 atom stereocenters. The van der Waals surface area contributed by atoms with Crippen molar-refractivity contribution in [3.8, 4) is 6.07 Å². The summed E-state index contributed by atoms with van der Waals surface area (Å²) < 4.78 is 14.3. The van der Waals surface area contributed by atoms with Crippen molar-refractivity contribution in [3.05, 3.63) is 62.9 Å². The maximum absolute atomic E-state index is 13.6.